The van der Waals surface area contributed by atoms with Gasteiger partial charge >= 0.3 is 0 Å². The van der Waals surface area contributed by atoms with Crippen molar-refractivity contribution in [1.29, 1.82) is 0 Å². The van der Waals surface area contributed by atoms with Gasteiger partial charge in [0.25, 0.3) is 0 Å². The molecule has 2 aliphatic carbocycles. The molecule has 2 N–H and O–H groups in total. The molecule has 0 aromatic heterocycles. The second kappa shape index (κ2) is 9.86. The molecule has 26 heavy (non-hydrogen) atoms. The van der Waals surface area contributed by atoms with Gasteiger partial charge in [0.05, 0.1) is 5.71 Å². The van der Waals surface area contributed by atoms with E-state index >= 15 is 4.39 Å². The van der Waals surface area contributed by atoms with Gasteiger partial charge in [-0.05, 0) is 89.6 Å². The smallest absolute Gasteiger partial charge is 0.131 e. The average Bonchev–Trinajstić information content (AvgIpc) is 2.53. The van der Waals surface area contributed by atoms with E-state index in [2.05, 4.69) is 30.6 Å². The Morgan fingerprint density at radius 2 is 2.12 bits per heavy atom. The third-order valence-electron chi connectivity index (χ3n) is 5.44. The van der Waals surface area contributed by atoms with E-state index in [1.165, 1.54) is 19.3 Å². The van der Waals surface area contributed by atoms with Crippen molar-refractivity contribution < 1.29 is 4.39 Å². The van der Waals surface area contributed by atoms with Crippen molar-refractivity contribution in [2.45, 2.75) is 51.9 Å². The fourth-order valence-corrected chi connectivity index (χ4v) is 3.79. The molecular weight excluding hydrogens is 325 g/mol. The summed E-state index contributed by atoms with van der Waals surface area (Å²) in [7, 11) is 4.16. The van der Waals surface area contributed by atoms with Crippen molar-refractivity contribution in [3.63, 3.8) is 0 Å². The minimum absolute atomic E-state index is 0.0697. The van der Waals surface area contributed by atoms with E-state index < -0.39 is 0 Å². The zero-order valence-electron chi connectivity index (χ0n) is 16.6. The molecule has 3 nitrogen and oxygen atoms in total. The largest absolute Gasteiger partial charge is 0.401 e. The number of allylic oxidation sites excluding steroid dienone is 6. The van der Waals surface area contributed by atoms with Gasteiger partial charge in [-0.25, -0.2) is 4.39 Å². The molecule has 2 aliphatic rings. The van der Waals surface area contributed by atoms with Crippen molar-refractivity contribution in [3.05, 3.63) is 47.6 Å². The molecule has 0 amide bonds. The number of rotatable bonds is 9. The SMILES string of the molecule is C=C/C(=N\C=C(/C)N)C1=CCC(C2CCC2)C(CCCCN(C)C)=C1F. The summed E-state index contributed by atoms with van der Waals surface area (Å²) in [5.41, 5.74) is 8.44. The summed E-state index contributed by atoms with van der Waals surface area (Å²) in [6.45, 7) is 6.63. The second-order valence-corrected chi connectivity index (χ2v) is 7.84. The first-order valence-corrected chi connectivity index (χ1v) is 9.80. The molecule has 1 saturated carbocycles. The average molecular weight is 360 g/mol. The molecule has 1 fully saturated rings. The number of hydrogen-bond acceptors (Lipinski definition) is 3. The Morgan fingerprint density at radius 1 is 1.38 bits per heavy atom. The lowest BCUT2D eigenvalue weighted by molar-refractivity contribution is 0.224. The van der Waals surface area contributed by atoms with Crippen molar-refractivity contribution in [2.24, 2.45) is 22.6 Å². The van der Waals surface area contributed by atoms with Crippen LogP contribution in [0, 0.1) is 11.8 Å². The normalized spacial score (nSPS) is 22.5. The molecule has 0 heterocycles. The van der Waals surface area contributed by atoms with Crippen LogP contribution in [0.15, 0.2) is 52.6 Å². The monoisotopic (exact) mass is 359 g/mol. The maximum Gasteiger partial charge on any atom is 0.131 e. The minimum atomic E-state index is -0.0697. The van der Waals surface area contributed by atoms with Crippen LogP contribution in [0.2, 0.25) is 0 Å². The van der Waals surface area contributed by atoms with Crippen molar-refractivity contribution in [2.75, 3.05) is 20.6 Å². The molecule has 0 radical (unpaired) electrons. The first-order chi connectivity index (χ1) is 12.4. The Labute approximate surface area is 158 Å². The van der Waals surface area contributed by atoms with Crippen molar-refractivity contribution >= 4 is 5.71 Å². The third-order valence-corrected chi connectivity index (χ3v) is 5.44. The van der Waals surface area contributed by atoms with E-state index in [-0.39, 0.29) is 5.83 Å². The van der Waals surface area contributed by atoms with Gasteiger partial charge < -0.3 is 10.6 Å². The van der Waals surface area contributed by atoms with Crippen molar-refractivity contribution in [1.82, 2.24) is 4.90 Å². The van der Waals surface area contributed by atoms with Gasteiger partial charge in [0.2, 0.25) is 0 Å². The standard InChI is InChI=1S/C22H34FN3/c1-5-21(25-15-16(2)24)20-13-12-18(17-9-8-10-17)19(22(20)23)11-6-7-14-26(3)4/h5,13,15,17-18H,1,6-12,14,24H2,2-4H3/b16-15+,25-21+. The molecule has 0 spiro atoms. The zero-order chi connectivity index (χ0) is 19.1. The van der Waals surface area contributed by atoms with Crippen LogP contribution in [0.1, 0.15) is 51.9 Å². The fraction of sp³-hybridized carbons (Fsp3) is 0.591. The van der Waals surface area contributed by atoms with Crippen LogP contribution in [0.5, 0.6) is 0 Å². The second-order valence-electron chi connectivity index (χ2n) is 7.84. The quantitative estimate of drug-likeness (QED) is 0.458. The molecule has 0 aromatic carbocycles. The molecule has 0 aliphatic heterocycles. The number of aliphatic imine (C=N–C) groups is 1. The molecule has 0 aromatic rings. The summed E-state index contributed by atoms with van der Waals surface area (Å²) in [6, 6.07) is 0. The Hall–Kier alpha value is -1.68. The summed E-state index contributed by atoms with van der Waals surface area (Å²) in [5.74, 6) is 0.946. The highest BCUT2D eigenvalue weighted by atomic mass is 19.1. The van der Waals surface area contributed by atoms with Crippen LogP contribution in [0.4, 0.5) is 4.39 Å². The maximum absolute atomic E-state index is 15.5. The number of nitrogens with zero attached hydrogens (tertiary/aromatic N) is 2. The molecule has 1 atom stereocenters. The van der Waals surface area contributed by atoms with Crippen LogP contribution in [0.3, 0.4) is 0 Å². The zero-order valence-corrected chi connectivity index (χ0v) is 16.6. The number of nitrogens with two attached hydrogens (primary N) is 1. The molecule has 144 valence electrons. The van der Waals surface area contributed by atoms with Crippen molar-refractivity contribution in [3.8, 4) is 0 Å². The van der Waals surface area contributed by atoms with E-state index in [4.69, 9.17) is 5.73 Å². The predicted molar refractivity (Wildman–Crippen MR) is 110 cm³/mol. The number of halogens is 1. The van der Waals surface area contributed by atoms with Gasteiger partial charge in [-0.1, -0.05) is 19.1 Å². The number of hydrogen-bond donors (Lipinski definition) is 1. The third kappa shape index (κ3) is 5.41. The van der Waals surface area contributed by atoms with Gasteiger partial charge in [0.15, 0.2) is 0 Å². The van der Waals surface area contributed by atoms with Crippen LogP contribution in [0.25, 0.3) is 0 Å². The highest BCUT2D eigenvalue weighted by molar-refractivity contribution is 6.11. The molecule has 0 saturated heterocycles. The minimum Gasteiger partial charge on any atom is -0.401 e. The van der Waals surface area contributed by atoms with Gasteiger partial charge in [-0.15, -0.1) is 0 Å². The van der Waals surface area contributed by atoms with Gasteiger partial charge in [-0.3, -0.25) is 4.99 Å². The van der Waals surface area contributed by atoms with Gasteiger partial charge in [0, 0.05) is 17.5 Å². The van der Waals surface area contributed by atoms with Crippen LogP contribution in [-0.4, -0.2) is 31.3 Å². The Balaban J connectivity index is 2.21. The predicted octanol–water partition coefficient (Wildman–Crippen LogP) is 5.14. The summed E-state index contributed by atoms with van der Waals surface area (Å²) in [4.78, 5) is 6.52. The van der Waals surface area contributed by atoms with E-state index in [1.807, 2.05) is 6.08 Å². The molecular formula is C22H34FN3. The van der Waals surface area contributed by atoms with E-state index in [0.29, 0.717) is 28.8 Å². The van der Waals surface area contributed by atoms with Crippen LogP contribution >= 0.6 is 0 Å². The lowest BCUT2D eigenvalue weighted by Gasteiger charge is -2.37. The first kappa shape index (κ1) is 20.6. The first-order valence-electron chi connectivity index (χ1n) is 9.80. The van der Waals surface area contributed by atoms with E-state index in [1.54, 1.807) is 19.2 Å². The summed E-state index contributed by atoms with van der Waals surface area (Å²) < 4.78 is 15.5. The fourth-order valence-electron chi connectivity index (χ4n) is 3.79. The molecule has 0 bridgehead atoms. The lowest BCUT2D eigenvalue weighted by Crippen LogP contribution is -2.27. The number of unbranched alkanes of at least 4 members (excludes halogenated alkanes) is 1. The molecule has 2 rings (SSSR count). The molecule has 4 heteroatoms. The summed E-state index contributed by atoms with van der Waals surface area (Å²) in [6.07, 6.45) is 12.8. The Kier molecular flexibility index (Phi) is 7.83. The Bertz CT molecular complexity index is 617. The Morgan fingerprint density at radius 3 is 2.65 bits per heavy atom. The maximum atomic E-state index is 15.5. The van der Waals surface area contributed by atoms with Gasteiger partial charge in [0.1, 0.15) is 5.83 Å². The van der Waals surface area contributed by atoms with E-state index in [0.717, 1.165) is 37.8 Å². The van der Waals surface area contributed by atoms with Crippen LogP contribution < -0.4 is 5.73 Å². The van der Waals surface area contributed by atoms with Gasteiger partial charge in [-0.2, -0.15) is 0 Å². The summed E-state index contributed by atoms with van der Waals surface area (Å²) in [5, 5.41) is 0. The lowest BCUT2D eigenvalue weighted by atomic mass is 9.68. The van der Waals surface area contributed by atoms with E-state index in [9.17, 15) is 0 Å². The molecule has 1 unspecified atom stereocenters. The van der Waals surface area contributed by atoms with Crippen LogP contribution in [-0.2, 0) is 0 Å². The highest BCUT2D eigenvalue weighted by Gasteiger charge is 2.34. The summed E-state index contributed by atoms with van der Waals surface area (Å²) >= 11 is 0. The topological polar surface area (TPSA) is 41.6 Å². The highest BCUT2D eigenvalue weighted by Crippen LogP contribution is 2.45.